The van der Waals surface area contributed by atoms with Crippen molar-refractivity contribution in [3.05, 3.63) is 35.6 Å². The molecule has 0 saturated heterocycles. The number of rotatable bonds is 5. The SMILES string of the molecule is CSc1nnc(SC(C)C(=O)c2ccc(F)cc2)s1. The number of halogens is 1. The molecule has 0 aliphatic rings. The van der Waals surface area contributed by atoms with E-state index in [1.165, 1.54) is 59.1 Å². The molecule has 0 bridgehead atoms. The van der Waals surface area contributed by atoms with E-state index in [0.717, 1.165) is 8.68 Å². The summed E-state index contributed by atoms with van der Waals surface area (Å²) in [4.78, 5) is 12.1. The number of carbonyl (C=O) groups excluding carboxylic acids is 1. The van der Waals surface area contributed by atoms with Gasteiger partial charge >= 0.3 is 0 Å². The standard InChI is InChI=1S/C12H11FN2OS3/c1-7(18-12-15-14-11(17-2)19-12)10(16)8-3-5-9(13)6-4-8/h3-7H,1-2H3. The minimum absolute atomic E-state index is 0.0362. The van der Waals surface area contributed by atoms with Crippen molar-refractivity contribution in [1.82, 2.24) is 10.2 Å². The third-order valence-corrected chi connectivity index (χ3v) is 5.42. The minimum Gasteiger partial charge on any atom is -0.293 e. The Kier molecular flexibility index (Phi) is 4.95. The first kappa shape index (κ1) is 14.5. The van der Waals surface area contributed by atoms with Gasteiger partial charge in [-0.2, -0.15) is 0 Å². The molecule has 2 rings (SSSR count). The lowest BCUT2D eigenvalue weighted by Crippen LogP contribution is -2.13. The fourth-order valence-electron chi connectivity index (χ4n) is 1.38. The maximum Gasteiger partial charge on any atom is 0.175 e. The molecule has 0 aliphatic carbocycles. The van der Waals surface area contributed by atoms with Gasteiger partial charge in [0, 0.05) is 5.56 Å². The van der Waals surface area contributed by atoms with Crippen LogP contribution in [0.15, 0.2) is 32.9 Å². The molecule has 0 fully saturated rings. The van der Waals surface area contributed by atoms with Gasteiger partial charge in [0.05, 0.1) is 5.25 Å². The Labute approximate surface area is 123 Å². The van der Waals surface area contributed by atoms with Gasteiger partial charge in [-0.05, 0) is 37.4 Å². The van der Waals surface area contributed by atoms with Gasteiger partial charge < -0.3 is 0 Å². The smallest absolute Gasteiger partial charge is 0.175 e. The molecule has 0 radical (unpaired) electrons. The quantitative estimate of drug-likeness (QED) is 0.621. The number of aromatic nitrogens is 2. The van der Waals surface area contributed by atoms with E-state index in [9.17, 15) is 9.18 Å². The maximum atomic E-state index is 12.8. The van der Waals surface area contributed by atoms with Crippen LogP contribution in [0.3, 0.4) is 0 Å². The summed E-state index contributed by atoms with van der Waals surface area (Å²) >= 11 is 4.37. The zero-order valence-electron chi connectivity index (χ0n) is 10.3. The molecule has 0 aliphatic heterocycles. The van der Waals surface area contributed by atoms with E-state index in [2.05, 4.69) is 10.2 Å². The molecule has 1 aromatic heterocycles. The van der Waals surface area contributed by atoms with Crippen LogP contribution < -0.4 is 0 Å². The zero-order valence-corrected chi connectivity index (χ0v) is 12.7. The van der Waals surface area contributed by atoms with Crippen LogP contribution in [0.25, 0.3) is 0 Å². The largest absolute Gasteiger partial charge is 0.293 e. The molecule has 0 spiro atoms. The molecule has 0 saturated carbocycles. The first-order valence-corrected chi connectivity index (χ1v) is 8.36. The third kappa shape index (κ3) is 3.77. The van der Waals surface area contributed by atoms with E-state index >= 15 is 0 Å². The molecule has 3 nitrogen and oxygen atoms in total. The lowest BCUT2D eigenvalue weighted by Gasteiger charge is -2.07. The number of hydrogen-bond donors (Lipinski definition) is 0. The highest BCUT2D eigenvalue weighted by Gasteiger charge is 2.18. The van der Waals surface area contributed by atoms with E-state index in [0.29, 0.717) is 5.56 Å². The van der Waals surface area contributed by atoms with E-state index in [-0.39, 0.29) is 16.9 Å². The molecule has 1 unspecified atom stereocenters. The van der Waals surface area contributed by atoms with Gasteiger partial charge in [-0.1, -0.05) is 34.9 Å². The predicted molar refractivity (Wildman–Crippen MR) is 77.7 cm³/mol. The van der Waals surface area contributed by atoms with Crippen molar-refractivity contribution >= 4 is 40.6 Å². The fourth-order valence-corrected chi connectivity index (χ4v) is 4.04. The van der Waals surface area contributed by atoms with E-state index < -0.39 is 0 Å². The Morgan fingerprint density at radius 3 is 2.47 bits per heavy atom. The van der Waals surface area contributed by atoms with Crippen LogP contribution in [-0.2, 0) is 0 Å². The van der Waals surface area contributed by atoms with Crippen molar-refractivity contribution in [3.63, 3.8) is 0 Å². The summed E-state index contributed by atoms with van der Waals surface area (Å²) in [6.45, 7) is 1.82. The molecule has 0 amide bonds. The van der Waals surface area contributed by atoms with Crippen molar-refractivity contribution in [1.29, 1.82) is 0 Å². The van der Waals surface area contributed by atoms with Crippen LogP contribution in [0.1, 0.15) is 17.3 Å². The third-order valence-electron chi connectivity index (χ3n) is 2.34. The number of Topliss-reactive ketones (excluding diaryl/α,β-unsaturated/α-hetero) is 1. The molecular formula is C12H11FN2OS3. The normalized spacial score (nSPS) is 12.4. The van der Waals surface area contributed by atoms with Crippen LogP contribution in [0.4, 0.5) is 4.39 Å². The summed E-state index contributed by atoms with van der Waals surface area (Å²) in [5, 5.41) is 7.73. The van der Waals surface area contributed by atoms with Gasteiger partial charge in [0.1, 0.15) is 5.82 Å². The van der Waals surface area contributed by atoms with Crippen LogP contribution in [0, 0.1) is 5.82 Å². The molecular weight excluding hydrogens is 303 g/mol. The first-order valence-electron chi connectivity index (χ1n) is 5.44. The van der Waals surface area contributed by atoms with Crippen LogP contribution in [-0.4, -0.2) is 27.5 Å². The summed E-state index contributed by atoms with van der Waals surface area (Å²) < 4.78 is 14.5. The van der Waals surface area contributed by atoms with E-state index in [1.54, 1.807) is 0 Å². The monoisotopic (exact) mass is 314 g/mol. The molecule has 1 heterocycles. The highest BCUT2D eigenvalue weighted by Crippen LogP contribution is 2.31. The highest BCUT2D eigenvalue weighted by molar-refractivity contribution is 8.03. The first-order chi connectivity index (χ1) is 9.10. The molecule has 1 aromatic carbocycles. The Hall–Kier alpha value is -0.920. The summed E-state index contributed by atoms with van der Waals surface area (Å²) in [6, 6.07) is 5.59. The van der Waals surface area contributed by atoms with Gasteiger partial charge in [-0.15, -0.1) is 10.2 Å². The summed E-state index contributed by atoms with van der Waals surface area (Å²) in [7, 11) is 0. The number of carbonyl (C=O) groups is 1. The Bertz CT molecular complexity index is 571. The molecule has 100 valence electrons. The second-order valence-electron chi connectivity index (χ2n) is 3.67. The second kappa shape index (κ2) is 6.49. The van der Waals surface area contributed by atoms with Crippen molar-refractivity contribution in [3.8, 4) is 0 Å². The topological polar surface area (TPSA) is 42.9 Å². The molecule has 0 N–H and O–H groups in total. The van der Waals surface area contributed by atoms with Gasteiger partial charge in [-0.3, -0.25) is 4.79 Å². The average Bonchev–Trinajstić information content (AvgIpc) is 2.86. The number of hydrogen-bond acceptors (Lipinski definition) is 6. The molecule has 2 aromatic rings. The van der Waals surface area contributed by atoms with Crippen LogP contribution in [0.2, 0.25) is 0 Å². The number of ketones is 1. The summed E-state index contributed by atoms with van der Waals surface area (Å²) in [5.74, 6) is -0.378. The zero-order chi connectivity index (χ0) is 13.8. The van der Waals surface area contributed by atoms with Crippen molar-refractivity contribution in [2.45, 2.75) is 20.9 Å². The average molecular weight is 314 g/mol. The van der Waals surface area contributed by atoms with Gasteiger partial charge in [-0.25, -0.2) is 4.39 Å². The van der Waals surface area contributed by atoms with Crippen LogP contribution >= 0.6 is 34.9 Å². The summed E-state index contributed by atoms with van der Waals surface area (Å²) in [6.07, 6.45) is 1.93. The second-order valence-corrected chi connectivity index (χ2v) is 7.29. The number of nitrogens with zero attached hydrogens (tertiary/aromatic N) is 2. The molecule has 7 heteroatoms. The van der Waals surface area contributed by atoms with E-state index in [4.69, 9.17) is 0 Å². The molecule has 1 atom stereocenters. The van der Waals surface area contributed by atoms with Gasteiger partial charge in [0.25, 0.3) is 0 Å². The summed E-state index contributed by atoms with van der Waals surface area (Å²) in [5.41, 5.74) is 0.510. The number of benzene rings is 1. The number of thioether (sulfide) groups is 2. The lowest BCUT2D eigenvalue weighted by molar-refractivity contribution is 0.0994. The van der Waals surface area contributed by atoms with Gasteiger partial charge in [0.15, 0.2) is 14.5 Å². The minimum atomic E-state index is -0.342. The van der Waals surface area contributed by atoms with Gasteiger partial charge in [0.2, 0.25) is 0 Å². The Morgan fingerprint density at radius 1 is 1.26 bits per heavy atom. The van der Waals surface area contributed by atoms with Crippen LogP contribution in [0.5, 0.6) is 0 Å². The predicted octanol–water partition coefficient (Wildman–Crippen LogP) is 3.76. The lowest BCUT2D eigenvalue weighted by atomic mass is 10.1. The maximum absolute atomic E-state index is 12.8. The Balaban J connectivity index is 2.04. The highest BCUT2D eigenvalue weighted by atomic mass is 32.2. The van der Waals surface area contributed by atoms with Crippen molar-refractivity contribution in [2.75, 3.05) is 6.26 Å². The molecule has 19 heavy (non-hydrogen) atoms. The van der Waals surface area contributed by atoms with E-state index in [1.807, 2.05) is 13.2 Å². The Morgan fingerprint density at radius 2 is 1.89 bits per heavy atom. The fraction of sp³-hybridized carbons (Fsp3) is 0.250. The van der Waals surface area contributed by atoms with Crippen molar-refractivity contribution in [2.24, 2.45) is 0 Å². The van der Waals surface area contributed by atoms with Crippen molar-refractivity contribution < 1.29 is 9.18 Å².